The van der Waals surface area contributed by atoms with Crippen molar-refractivity contribution < 1.29 is 9.53 Å². The van der Waals surface area contributed by atoms with Crippen LogP contribution in [0.2, 0.25) is 0 Å². The second kappa shape index (κ2) is 5.24. The second-order valence-corrected chi connectivity index (χ2v) is 7.03. The average Bonchev–Trinajstić information content (AvgIpc) is 2.23. The normalized spacial score (nSPS) is 12.3. The Hall–Kier alpha value is -1.51. The highest BCUT2D eigenvalue weighted by molar-refractivity contribution is 5.64. The number of hydrogen-bond acceptors (Lipinski definition) is 2. The third-order valence-corrected chi connectivity index (χ3v) is 3.11. The number of benzene rings is 1. The van der Waals surface area contributed by atoms with Crippen molar-refractivity contribution in [2.75, 3.05) is 0 Å². The third-order valence-electron chi connectivity index (χ3n) is 3.11. The molecule has 0 aliphatic carbocycles. The van der Waals surface area contributed by atoms with E-state index in [2.05, 4.69) is 59.7 Å². The molecule has 0 aliphatic rings. The van der Waals surface area contributed by atoms with Crippen molar-refractivity contribution >= 4 is 6.09 Å². The van der Waals surface area contributed by atoms with Crippen LogP contribution >= 0.6 is 0 Å². The Morgan fingerprint density at radius 2 is 1.42 bits per heavy atom. The van der Waals surface area contributed by atoms with Gasteiger partial charge in [0.05, 0.1) is 0 Å². The Morgan fingerprint density at radius 3 is 1.74 bits per heavy atom. The SMILES string of the molecule is CC(C)(C)c1cc(COC(N)=O)cc(C(C)(C)C)c1. The Morgan fingerprint density at radius 1 is 1.00 bits per heavy atom. The molecule has 0 radical (unpaired) electrons. The molecule has 0 saturated carbocycles. The number of rotatable bonds is 2. The first-order chi connectivity index (χ1) is 8.50. The molecule has 0 heterocycles. The number of nitrogens with two attached hydrogens (primary N) is 1. The number of hydrogen-bond donors (Lipinski definition) is 1. The summed E-state index contributed by atoms with van der Waals surface area (Å²) < 4.78 is 4.90. The molecule has 2 N–H and O–H groups in total. The van der Waals surface area contributed by atoms with Gasteiger partial charge in [-0.15, -0.1) is 0 Å². The summed E-state index contributed by atoms with van der Waals surface area (Å²) in [5.41, 5.74) is 8.60. The highest BCUT2D eigenvalue weighted by Gasteiger charge is 2.20. The quantitative estimate of drug-likeness (QED) is 0.880. The topological polar surface area (TPSA) is 52.3 Å². The van der Waals surface area contributed by atoms with E-state index in [1.165, 1.54) is 11.1 Å². The molecule has 1 rings (SSSR count). The molecule has 0 atom stereocenters. The van der Waals surface area contributed by atoms with Crippen molar-refractivity contribution in [1.82, 2.24) is 0 Å². The summed E-state index contributed by atoms with van der Waals surface area (Å²) in [4.78, 5) is 10.7. The minimum atomic E-state index is -0.738. The van der Waals surface area contributed by atoms with Crippen molar-refractivity contribution in [2.24, 2.45) is 5.73 Å². The van der Waals surface area contributed by atoms with Gasteiger partial charge in [0.2, 0.25) is 0 Å². The highest BCUT2D eigenvalue weighted by Crippen LogP contribution is 2.30. The lowest BCUT2D eigenvalue weighted by Crippen LogP contribution is -2.18. The smallest absolute Gasteiger partial charge is 0.404 e. The van der Waals surface area contributed by atoms with Crippen molar-refractivity contribution in [1.29, 1.82) is 0 Å². The molecule has 19 heavy (non-hydrogen) atoms. The summed E-state index contributed by atoms with van der Waals surface area (Å²) in [5.74, 6) is 0. The maximum atomic E-state index is 10.7. The van der Waals surface area contributed by atoms with Crippen molar-refractivity contribution in [2.45, 2.75) is 59.0 Å². The van der Waals surface area contributed by atoms with E-state index in [9.17, 15) is 4.79 Å². The van der Waals surface area contributed by atoms with E-state index in [4.69, 9.17) is 10.5 Å². The molecule has 3 heteroatoms. The zero-order valence-corrected chi connectivity index (χ0v) is 12.8. The molecule has 3 nitrogen and oxygen atoms in total. The summed E-state index contributed by atoms with van der Waals surface area (Å²) in [7, 11) is 0. The summed E-state index contributed by atoms with van der Waals surface area (Å²) in [6, 6.07) is 6.39. The maximum absolute atomic E-state index is 10.7. The Bertz CT molecular complexity index is 432. The Labute approximate surface area is 116 Å². The van der Waals surface area contributed by atoms with Gasteiger partial charge in [-0.2, -0.15) is 0 Å². The van der Waals surface area contributed by atoms with Crippen molar-refractivity contribution in [3.05, 3.63) is 34.9 Å². The lowest BCUT2D eigenvalue weighted by atomic mass is 9.79. The monoisotopic (exact) mass is 263 g/mol. The molecule has 1 amide bonds. The molecular formula is C16H25NO2. The van der Waals surface area contributed by atoms with Gasteiger partial charge in [0.1, 0.15) is 6.61 Å². The Balaban J connectivity index is 3.21. The molecule has 0 spiro atoms. The standard InChI is InChI=1S/C16H25NO2/c1-15(2,3)12-7-11(10-19-14(17)18)8-13(9-12)16(4,5)6/h7-9H,10H2,1-6H3,(H2,17,18). The van der Waals surface area contributed by atoms with E-state index in [1.54, 1.807) is 0 Å². The van der Waals surface area contributed by atoms with E-state index in [0.717, 1.165) is 5.56 Å². The van der Waals surface area contributed by atoms with Gasteiger partial charge < -0.3 is 10.5 Å². The van der Waals surface area contributed by atoms with Crippen molar-refractivity contribution in [3.8, 4) is 0 Å². The van der Waals surface area contributed by atoms with Gasteiger partial charge in [-0.25, -0.2) is 4.79 Å². The molecular weight excluding hydrogens is 238 g/mol. The van der Waals surface area contributed by atoms with Gasteiger partial charge in [0.15, 0.2) is 0 Å². The van der Waals surface area contributed by atoms with Crippen LogP contribution in [-0.4, -0.2) is 6.09 Å². The molecule has 0 aliphatic heterocycles. The van der Waals surface area contributed by atoms with Gasteiger partial charge in [0, 0.05) is 0 Å². The summed E-state index contributed by atoms with van der Waals surface area (Å²) in [5, 5.41) is 0. The zero-order valence-electron chi connectivity index (χ0n) is 12.8. The van der Waals surface area contributed by atoms with E-state index < -0.39 is 6.09 Å². The predicted octanol–water partition coefficient (Wildman–Crippen LogP) is 3.88. The lowest BCUT2D eigenvalue weighted by molar-refractivity contribution is 0.150. The lowest BCUT2D eigenvalue weighted by Gasteiger charge is -2.26. The van der Waals surface area contributed by atoms with Crippen LogP contribution in [0, 0.1) is 0 Å². The number of amides is 1. The van der Waals surface area contributed by atoms with Crippen LogP contribution in [0.5, 0.6) is 0 Å². The minimum absolute atomic E-state index is 0.0583. The average molecular weight is 263 g/mol. The van der Waals surface area contributed by atoms with Gasteiger partial charge >= 0.3 is 6.09 Å². The van der Waals surface area contributed by atoms with Crippen LogP contribution in [0.15, 0.2) is 18.2 Å². The van der Waals surface area contributed by atoms with Crippen LogP contribution in [-0.2, 0) is 22.2 Å². The van der Waals surface area contributed by atoms with Crippen molar-refractivity contribution in [3.63, 3.8) is 0 Å². The van der Waals surface area contributed by atoms with Gasteiger partial charge in [-0.05, 0) is 27.5 Å². The van der Waals surface area contributed by atoms with Gasteiger partial charge in [-0.1, -0.05) is 59.7 Å². The number of primary amides is 1. The number of carbonyl (C=O) groups excluding carboxylic acids is 1. The fraction of sp³-hybridized carbons (Fsp3) is 0.562. The summed E-state index contributed by atoms with van der Waals surface area (Å²) >= 11 is 0. The van der Waals surface area contributed by atoms with Gasteiger partial charge in [0.25, 0.3) is 0 Å². The molecule has 106 valence electrons. The molecule has 1 aromatic carbocycles. The number of carbonyl (C=O) groups is 1. The van der Waals surface area contributed by atoms with E-state index in [1.807, 2.05) is 0 Å². The van der Waals surface area contributed by atoms with E-state index >= 15 is 0 Å². The van der Waals surface area contributed by atoms with Crippen LogP contribution in [0.25, 0.3) is 0 Å². The Kier molecular flexibility index (Phi) is 4.28. The molecule has 0 fully saturated rings. The summed E-state index contributed by atoms with van der Waals surface area (Å²) in [6.07, 6.45) is -0.738. The minimum Gasteiger partial charge on any atom is -0.445 e. The fourth-order valence-electron chi connectivity index (χ4n) is 1.80. The van der Waals surface area contributed by atoms with Crippen LogP contribution in [0.3, 0.4) is 0 Å². The maximum Gasteiger partial charge on any atom is 0.404 e. The third kappa shape index (κ3) is 4.58. The van der Waals surface area contributed by atoms with Crippen LogP contribution in [0.1, 0.15) is 58.2 Å². The molecule has 0 aromatic heterocycles. The first kappa shape index (κ1) is 15.5. The fourth-order valence-corrected chi connectivity index (χ4v) is 1.80. The number of ether oxygens (including phenoxy) is 1. The largest absolute Gasteiger partial charge is 0.445 e. The molecule has 0 unspecified atom stereocenters. The molecule has 1 aromatic rings. The highest BCUT2D eigenvalue weighted by atomic mass is 16.5. The van der Waals surface area contributed by atoms with Gasteiger partial charge in [-0.3, -0.25) is 0 Å². The molecule has 0 bridgehead atoms. The van der Waals surface area contributed by atoms with Crippen LogP contribution in [0.4, 0.5) is 4.79 Å². The second-order valence-electron chi connectivity index (χ2n) is 7.03. The molecule has 0 saturated heterocycles. The van der Waals surface area contributed by atoms with E-state index in [0.29, 0.717) is 0 Å². The predicted molar refractivity (Wildman–Crippen MR) is 78.2 cm³/mol. The summed E-state index contributed by atoms with van der Waals surface area (Å²) in [6.45, 7) is 13.3. The zero-order chi connectivity index (χ0) is 14.8. The first-order valence-corrected chi connectivity index (χ1v) is 6.57. The van der Waals surface area contributed by atoms with E-state index in [-0.39, 0.29) is 17.4 Å². The first-order valence-electron chi connectivity index (χ1n) is 6.57. The van der Waals surface area contributed by atoms with Crippen LogP contribution < -0.4 is 5.73 Å².